The summed E-state index contributed by atoms with van der Waals surface area (Å²) in [5.41, 5.74) is 10.7. The molecular weight excluding hydrogens is 198 g/mol. The first-order valence-electron chi connectivity index (χ1n) is 5.99. The van der Waals surface area contributed by atoms with Crippen molar-refractivity contribution in [1.29, 1.82) is 0 Å². The standard InChI is InChI=1S/C13H23N3/c1-3-6-10(2)9-13(16-15)11-7-4-5-8-12(11)14/h4-5,7-8,10,13,16H,3,6,9,14-15H2,1-2H3. The molecule has 0 fully saturated rings. The summed E-state index contributed by atoms with van der Waals surface area (Å²) in [5, 5.41) is 0. The van der Waals surface area contributed by atoms with Gasteiger partial charge in [0.2, 0.25) is 0 Å². The second-order valence-corrected chi connectivity index (χ2v) is 4.48. The number of nitrogens with one attached hydrogen (secondary N) is 1. The number of benzene rings is 1. The summed E-state index contributed by atoms with van der Waals surface area (Å²) in [6.45, 7) is 4.46. The van der Waals surface area contributed by atoms with Gasteiger partial charge in [0.05, 0.1) is 0 Å². The largest absolute Gasteiger partial charge is 0.398 e. The van der Waals surface area contributed by atoms with Gasteiger partial charge in [-0.2, -0.15) is 0 Å². The SMILES string of the molecule is CCCC(C)CC(NN)c1ccccc1N. The molecule has 0 aliphatic carbocycles. The second kappa shape index (κ2) is 6.51. The number of para-hydroxylation sites is 1. The number of nitrogen functional groups attached to an aromatic ring is 1. The zero-order chi connectivity index (χ0) is 12.0. The fourth-order valence-electron chi connectivity index (χ4n) is 2.13. The fraction of sp³-hybridized carbons (Fsp3) is 0.538. The molecule has 0 spiro atoms. The number of nitrogens with two attached hydrogens (primary N) is 2. The molecule has 3 nitrogen and oxygen atoms in total. The number of hydrogen-bond donors (Lipinski definition) is 3. The predicted molar refractivity (Wildman–Crippen MR) is 69.6 cm³/mol. The molecule has 2 atom stereocenters. The third kappa shape index (κ3) is 3.51. The van der Waals surface area contributed by atoms with Crippen LogP contribution in [0.5, 0.6) is 0 Å². The summed E-state index contributed by atoms with van der Waals surface area (Å²) < 4.78 is 0. The minimum absolute atomic E-state index is 0.155. The van der Waals surface area contributed by atoms with Gasteiger partial charge in [-0.25, -0.2) is 0 Å². The van der Waals surface area contributed by atoms with Crippen LogP contribution in [0.3, 0.4) is 0 Å². The first-order chi connectivity index (χ1) is 7.69. The normalized spacial score (nSPS) is 14.7. The van der Waals surface area contributed by atoms with E-state index in [1.165, 1.54) is 12.8 Å². The van der Waals surface area contributed by atoms with Gasteiger partial charge in [0.15, 0.2) is 0 Å². The molecule has 90 valence electrons. The molecule has 3 heteroatoms. The number of hydrazine groups is 1. The fourth-order valence-corrected chi connectivity index (χ4v) is 2.13. The Labute approximate surface area is 98.2 Å². The Morgan fingerprint density at radius 2 is 2.00 bits per heavy atom. The van der Waals surface area contributed by atoms with Crippen molar-refractivity contribution >= 4 is 5.69 Å². The van der Waals surface area contributed by atoms with Crippen LogP contribution in [0.15, 0.2) is 24.3 Å². The molecular formula is C13H23N3. The average Bonchev–Trinajstić information content (AvgIpc) is 2.27. The van der Waals surface area contributed by atoms with Crippen molar-refractivity contribution < 1.29 is 0 Å². The first kappa shape index (κ1) is 13.0. The molecule has 1 aromatic rings. The Balaban J connectivity index is 2.71. The van der Waals surface area contributed by atoms with E-state index in [1.807, 2.05) is 24.3 Å². The summed E-state index contributed by atoms with van der Waals surface area (Å²) in [6, 6.07) is 8.06. The van der Waals surface area contributed by atoms with Gasteiger partial charge in [-0.05, 0) is 24.0 Å². The van der Waals surface area contributed by atoms with E-state index in [9.17, 15) is 0 Å². The van der Waals surface area contributed by atoms with Crippen LogP contribution in [-0.4, -0.2) is 0 Å². The molecule has 0 aromatic heterocycles. The number of rotatable bonds is 6. The van der Waals surface area contributed by atoms with E-state index in [2.05, 4.69) is 19.3 Å². The third-order valence-corrected chi connectivity index (χ3v) is 2.99. The maximum Gasteiger partial charge on any atom is 0.0482 e. The summed E-state index contributed by atoms with van der Waals surface area (Å²) in [5.74, 6) is 6.27. The quantitative estimate of drug-likeness (QED) is 0.393. The summed E-state index contributed by atoms with van der Waals surface area (Å²) in [6.07, 6.45) is 3.46. The van der Waals surface area contributed by atoms with Gasteiger partial charge in [-0.1, -0.05) is 44.9 Å². The van der Waals surface area contributed by atoms with Gasteiger partial charge in [-0.3, -0.25) is 11.3 Å². The average molecular weight is 221 g/mol. The molecule has 1 aromatic carbocycles. The molecule has 0 heterocycles. The van der Waals surface area contributed by atoms with Crippen molar-refractivity contribution in [3.8, 4) is 0 Å². The molecule has 1 rings (SSSR count). The van der Waals surface area contributed by atoms with Crippen LogP contribution in [0.25, 0.3) is 0 Å². The van der Waals surface area contributed by atoms with E-state index < -0.39 is 0 Å². The monoisotopic (exact) mass is 221 g/mol. The molecule has 0 saturated heterocycles. The minimum Gasteiger partial charge on any atom is -0.398 e. The maximum atomic E-state index is 5.95. The zero-order valence-electron chi connectivity index (χ0n) is 10.2. The van der Waals surface area contributed by atoms with E-state index in [0.29, 0.717) is 5.92 Å². The minimum atomic E-state index is 0.155. The van der Waals surface area contributed by atoms with Crippen LogP contribution in [0.4, 0.5) is 5.69 Å². The highest BCUT2D eigenvalue weighted by molar-refractivity contribution is 5.48. The molecule has 0 saturated carbocycles. The van der Waals surface area contributed by atoms with Crippen molar-refractivity contribution in [2.75, 3.05) is 5.73 Å². The first-order valence-corrected chi connectivity index (χ1v) is 5.99. The van der Waals surface area contributed by atoms with E-state index in [0.717, 1.165) is 17.7 Å². The van der Waals surface area contributed by atoms with Crippen molar-refractivity contribution in [2.45, 2.75) is 39.2 Å². The van der Waals surface area contributed by atoms with Crippen molar-refractivity contribution in [1.82, 2.24) is 5.43 Å². The highest BCUT2D eigenvalue weighted by Gasteiger charge is 2.15. The van der Waals surface area contributed by atoms with E-state index in [4.69, 9.17) is 11.6 Å². The van der Waals surface area contributed by atoms with Crippen molar-refractivity contribution in [2.24, 2.45) is 11.8 Å². The topological polar surface area (TPSA) is 64.1 Å². The summed E-state index contributed by atoms with van der Waals surface area (Å²) in [4.78, 5) is 0. The zero-order valence-corrected chi connectivity index (χ0v) is 10.2. The van der Waals surface area contributed by atoms with Crippen LogP contribution in [0.1, 0.15) is 44.7 Å². The second-order valence-electron chi connectivity index (χ2n) is 4.48. The lowest BCUT2D eigenvalue weighted by atomic mass is 9.92. The third-order valence-electron chi connectivity index (χ3n) is 2.99. The lowest BCUT2D eigenvalue weighted by Gasteiger charge is -2.21. The van der Waals surface area contributed by atoms with Crippen molar-refractivity contribution in [3.63, 3.8) is 0 Å². The van der Waals surface area contributed by atoms with Gasteiger partial charge in [0.25, 0.3) is 0 Å². The van der Waals surface area contributed by atoms with E-state index in [-0.39, 0.29) is 6.04 Å². The Hall–Kier alpha value is -1.06. The summed E-state index contributed by atoms with van der Waals surface area (Å²) >= 11 is 0. The van der Waals surface area contributed by atoms with E-state index in [1.54, 1.807) is 0 Å². The van der Waals surface area contributed by atoms with Crippen LogP contribution in [0, 0.1) is 5.92 Å². The molecule has 0 aliphatic heterocycles. The van der Waals surface area contributed by atoms with Crippen molar-refractivity contribution in [3.05, 3.63) is 29.8 Å². The van der Waals surface area contributed by atoms with Gasteiger partial charge in [0, 0.05) is 11.7 Å². The predicted octanol–water partition coefficient (Wildman–Crippen LogP) is 2.60. The Kier molecular flexibility index (Phi) is 5.29. The molecule has 16 heavy (non-hydrogen) atoms. The number of hydrogen-bond acceptors (Lipinski definition) is 3. The van der Waals surface area contributed by atoms with Gasteiger partial charge in [-0.15, -0.1) is 0 Å². The lowest BCUT2D eigenvalue weighted by molar-refractivity contribution is 0.395. The van der Waals surface area contributed by atoms with Gasteiger partial charge >= 0.3 is 0 Å². The van der Waals surface area contributed by atoms with Crippen LogP contribution in [-0.2, 0) is 0 Å². The van der Waals surface area contributed by atoms with Crippen LogP contribution in [0.2, 0.25) is 0 Å². The van der Waals surface area contributed by atoms with Crippen LogP contribution < -0.4 is 17.0 Å². The highest BCUT2D eigenvalue weighted by Crippen LogP contribution is 2.26. The maximum absolute atomic E-state index is 5.95. The summed E-state index contributed by atoms with van der Waals surface area (Å²) in [7, 11) is 0. The highest BCUT2D eigenvalue weighted by atomic mass is 15.2. The molecule has 0 amide bonds. The Bertz CT molecular complexity index is 312. The van der Waals surface area contributed by atoms with Gasteiger partial charge in [0.1, 0.15) is 0 Å². The number of anilines is 1. The molecule has 0 aliphatic rings. The van der Waals surface area contributed by atoms with E-state index >= 15 is 0 Å². The lowest BCUT2D eigenvalue weighted by Crippen LogP contribution is -2.30. The molecule has 0 bridgehead atoms. The Morgan fingerprint density at radius 3 is 2.56 bits per heavy atom. The molecule has 5 N–H and O–H groups in total. The smallest absolute Gasteiger partial charge is 0.0482 e. The molecule has 2 unspecified atom stereocenters. The van der Waals surface area contributed by atoms with Gasteiger partial charge < -0.3 is 5.73 Å². The Morgan fingerprint density at radius 1 is 1.31 bits per heavy atom. The molecule has 0 radical (unpaired) electrons. The van der Waals surface area contributed by atoms with Crippen LogP contribution >= 0.6 is 0 Å².